The standard InChI is InChI=1S/C21H19Cl3N2OS/c1-2-3-7-17-18(12-13-8-10-14(22)11-9-13)28-21(25-17)26-20(27)19-15(23)5-4-6-16(19)24/h4-6,8-11H,2-3,7,12H2,1H3,(H,25,26,27). The maximum Gasteiger partial charge on any atom is 0.260 e. The number of aromatic nitrogens is 1. The van der Waals surface area contributed by atoms with Gasteiger partial charge in [-0.3, -0.25) is 10.1 Å². The number of unbranched alkanes of at least 4 members (excludes halogenated alkanes) is 1. The van der Waals surface area contributed by atoms with Gasteiger partial charge in [0, 0.05) is 16.3 Å². The van der Waals surface area contributed by atoms with Crippen molar-refractivity contribution in [2.24, 2.45) is 0 Å². The minimum absolute atomic E-state index is 0.260. The summed E-state index contributed by atoms with van der Waals surface area (Å²) in [5, 5.41) is 4.74. The molecule has 1 heterocycles. The molecule has 3 nitrogen and oxygen atoms in total. The zero-order chi connectivity index (χ0) is 20.1. The van der Waals surface area contributed by atoms with Crippen LogP contribution in [-0.2, 0) is 12.8 Å². The number of anilines is 1. The number of thiazole rings is 1. The summed E-state index contributed by atoms with van der Waals surface area (Å²) in [6.45, 7) is 2.15. The average molecular weight is 454 g/mol. The maximum absolute atomic E-state index is 12.7. The van der Waals surface area contributed by atoms with E-state index in [4.69, 9.17) is 34.8 Å². The first-order chi connectivity index (χ1) is 13.5. The molecule has 0 saturated carbocycles. The monoisotopic (exact) mass is 452 g/mol. The van der Waals surface area contributed by atoms with Crippen molar-refractivity contribution in [3.63, 3.8) is 0 Å². The van der Waals surface area contributed by atoms with Crippen LogP contribution in [0.15, 0.2) is 42.5 Å². The van der Waals surface area contributed by atoms with Gasteiger partial charge in [-0.2, -0.15) is 0 Å². The van der Waals surface area contributed by atoms with Crippen molar-refractivity contribution in [2.45, 2.75) is 32.6 Å². The molecule has 146 valence electrons. The van der Waals surface area contributed by atoms with Gasteiger partial charge in [0.2, 0.25) is 0 Å². The number of carbonyl (C=O) groups excluding carboxylic acids is 1. The Morgan fingerprint density at radius 3 is 2.39 bits per heavy atom. The van der Waals surface area contributed by atoms with E-state index >= 15 is 0 Å². The molecular weight excluding hydrogens is 435 g/mol. The molecule has 7 heteroatoms. The summed E-state index contributed by atoms with van der Waals surface area (Å²) < 4.78 is 0. The van der Waals surface area contributed by atoms with E-state index in [1.807, 2.05) is 24.3 Å². The molecule has 28 heavy (non-hydrogen) atoms. The Balaban J connectivity index is 1.84. The van der Waals surface area contributed by atoms with Gasteiger partial charge in [-0.15, -0.1) is 11.3 Å². The molecule has 0 atom stereocenters. The molecular formula is C21H19Cl3N2OS. The fraction of sp³-hybridized carbons (Fsp3) is 0.238. The zero-order valence-electron chi connectivity index (χ0n) is 15.3. The SMILES string of the molecule is CCCCc1nc(NC(=O)c2c(Cl)cccc2Cl)sc1Cc1ccc(Cl)cc1. The molecule has 0 saturated heterocycles. The number of carbonyl (C=O) groups is 1. The number of hydrogen-bond donors (Lipinski definition) is 1. The molecule has 0 unspecified atom stereocenters. The van der Waals surface area contributed by atoms with E-state index in [-0.39, 0.29) is 11.5 Å². The highest BCUT2D eigenvalue weighted by atomic mass is 35.5. The van der Waals surface area contributed by atoms with Crippen LogP contribution >= 0.6 is 46.1 Å². The lowest BCUT2D eigenvalue weighted by Gasteiger charge is -2.05. The van der Waals surface area contributed by atoms with Crippen molar-refractivity contribution >= 4 is 57.2 Å². The van der Waals surface area contributed by atoms with Gasteiger partial charge < -0.3 is 0 Å². The number of nitrogens with zero attached hydrogens (tertiary/aromatic N) is 1. The van der Waals surface area contributed by atoms with Crippen LogP contribution in [0.4, 0.5) is 5.13 Å². The topological polar surface area (TPSA) is 42.0 Å². The zero-order valence-corrected chi connectivity index (χ0v) is 18.4. The second-order valence-corrected chi connectivity index (χ2v) is 8.68. The van der Waals surface area contributed by atoms with Crippen LogP contribution in [0.25, 0.3) is 0 Å². The number of hydrogen-bond acceptors (Lipinski definition) is 3. The quantitative estimate of drug-likeness (QED) is 0.408. The third-order valence-electron chi connectivity index (χ3n) is 4.23. The Bertz CT molecular complexity index is 950. The number of nitrogens with one attached hydrogen (secondary N) is 1. The number of amides is 1. The summed E-state index contributed by atoms with van der Waals surface area (Å²) in [6.07, 6.45) is 3.74. The molecule has 1 amide bonds. The molecule has 0 radical (unpaired) electrons. The summed E-state index contributed by atoms with van der Waals surface area (Å²) >= 11 is 19.7. The third-order valence-corrected chi connectivity index (χ3v) is 6.13. The van der Waals surface area contributed by atoms with Gasteiger partial charge >= 0.3 is 0 Å². The maximum atomic E-state index is 12.7. The number of halogens is 3. The Morgan fingerprint density at radius 1 is 1.07 bits per heavy atom. The highest BCUT2D eigenvalue weighted by molar-refractivity contribution is 7.16. The lowest BCUT2D eigenvalue weighted by atomic mass is 10.1. The van der Waals surface area contributed by atoms with Crippen molar-refractivity contribution in [1.82, 2.24) is 4.98 Å². The van der Waals surface area contributed by atoms with Gasteiger partial charge in [-0.1, -0.05) is 66.3 Å². The Kier molecular flexibility index (Phi) is 7.36. The smallest absolute Gasteiger partial charge is 0.260 e. The number of aryl methyl sites for hydroxylation is 1. The Hall–Kier alpha value is -1.59. The van der Waals surface area contributed by atoms with Crippen LogP contribution < -0.4 is 5.32 Å². The van der Waals surface area contributed by atoms with E-state index < -0.39 is 0 Å². The first-order valence-electron chi connectivity index (χ1n) is 8.96. The van der Waals surface area contributed by atoms with E-state index in [2.05, 4.69) is 17.2 Å². The molecule has 0 aliphatic heterocycles. The second-order valence-electron chi connectivity index (χ2n) is 6.35. The first kappa shape index (κ1) is 21.1. The summed E-state index contributed by atoms with van der Waals surface area (Å²) in [4.78, 5) is 18.5. The fourth-order valence-corrected chi connectivity index (χ4v) is 4.51. The summed E-state index contributed by atoms with van der Waals surface area (Å²) in [6, 6.07) is 12.8. The van der Waals surface area contributed by atoms with Crippen molar-refractivity contribution in [1.29, 1.82) is 0 Å². The summed E-state index contributed by atoms with van der Waals surface area (Å²) in [7, 11) is 0. The lowest BCUT2D eigenvalue weighted by Crippen LogP contribution is -2.13. The molecule has 3 rings (SSSR count). The van der Waals surface area contributed by atoms with Crippen LogP contribution in [0, 0.1) is 0 Å². The van der Waals surface area contributed by atoms with E-state index in [1.165, 1.54) is 11.3 Å². The van der Waals surface area contributed by atoms with Crippen LogP contribution in [0.3, 0.4) is 0 Å². The van der Waals surface area contributed by atoms with Gasteiger partial charge in [-0.25, -0.2) is 4.98 Å². The number of rotatable bonds is 7. The second kappa shape index (κ2) is 9.75. The minimum atomic E-state index is -0.357. The largest absolute Gasteiger partial charge is 0.298 e. The molecule has 0 spiro atoms. The normalized spacial score (nSPS) is 10.9. The Morgan fingerprint density at radius 2 is 1.75 bits per heavy atom. The molecule has 0 aliphatic rings. The van der Waals surface area contributed by atoms with Gasteiger partial charge in [0.25, 0.3) is 5.91 Å². The van der Waals surface area contributed by atoms with E-state index in [1.54, 1.807) is 18.2 Å². The predicted octanol–water partition coefficient (Wildman–Crippen LogP) is 7.29. The van der Waals surface area contributed by atoms with Gasteiger partial charge in [0.05, 0.1) is 21.3 Å². The van der Waals surface area contributed by atoms with Crippen LogP contribution in [0.5, 0.6) is 0 Å². The van der Waals surface area contributed by atoms with E-state index in [0.29, 0.717) is 20.2 Å². The van der Waals surface area contributed by atoms with Crippen molar-refractivity contribution in [2.75, 3.05) is 5.32 Å². The van der Waals surface area contributed by atoms with Gasteiger partial charge in [-0.05, 0) is 42.7 Å². The first-order valence-corrected chi connectivity index (χ1v) is 10.9. The highest BCUT2D eigenvalue weighted by Gasteiger charge is 2.18. The molecule has 0 aliphatic carbocycles. The third kappa shape index (κ3) is 5.26. The van der Waals surface area contributed by atoms with Crippen molar-refractivity contribution in [3.8, 4) is 0 Å². The Labute approximate surface area is 183 Å². The molecule has 0 bridgehead atoms. The molecule has 2 aromatic carbocycles. The van der Waals surface area contributed by atoms with Crippen LogP contribution in [0.1, 0.15) is 46.3 Å². The molecule has 1 aromatic heterocycles. The highest BCUT2D eigenvalue weighted by Crippen LogP contribution is 2.30. The predicted molar refractivity (Wildman–Crippen MR) is 119 cm³/mol. The summed E-state index contributed by atoms with van der Waals surface area (Å²) in [5.74, 6) is -0.357. The summed E-state index contributed by atoms with van der Waals surface area (Å²) in [5.41, 5.74) is 2.43. The fourth-order valence-electron chi connectivity index (χ4n) is 2.78. The lowest BCUT2D eigenvalue weighted by molar-refractivity contribution is 0.102. The van der Waals surface area contributed by atoms with E-state index in [9.17, 15) is 4.79 Å². The van der Waals surface area contributed by atoms with Crippen LogP contribution in [0.2, 0.25) is 15.1 Å². The van der Waals surface area contributed by atoms with Crippen molar-refractivity contribution < 1.29 is 4.79 Å². The van der Waals surface area contributed by atoms with Gasteiger partial charge in [0.1, 0.15) is 0 Å². The molecule has 0 fully saturated rings. The minimum Gasteiger partial charge on any atom is -0.298 e. The molecule has 3 aromatic rings. The van der Waals surface area contributed by atoms with Gasteiger partial charge in [0.15, 0.2) is 5.13 Å². The number of benzene rings is 2. The molecule has 1 N–H and O–H groups in total. The van der Waals surface area contributed by atoms with Crippen molar-refractivity contribution in [3.05, 3.63) is 79.2 Å². The van der Waals surface area contributed by atoms with Crippen LogP contribution in [-0.4, -0.2) is 10.9 Å². The van der Waals surface area contributed by atoms with E-state index in [0.717, 1.165) is 41.8 Å². The average Bonchev–Trinajstić information content (AvgIpc) is 3.02.